The fourth-order valence-electron chi connectivity index (χ4n) is 3.16. The minimum atomic E-state index is 0.288. The summed E-state index contributed by atoms with van der Waals surface area (Å²) < 4.78 is 5.94. The Balaban J connectivity index is 1.54. The Labute approximate surface area is 114 Å². The third kappa shape index (κ3) is 3.01. The molecule has 1 aromatic rings. The number of nitrogen functional groups attached to an aromatic ring is 1. The molecular formula is C15H23N3O. The molecule has 0 spiro atoms. The van der Waals surface area contributed by atoms with Crippen molar-refractivity contribution >= 4 is 11.4 Å². The van der Waals surface area contributed by atoms with Crippen LogP contribution in [0.5, 0.6) is 0 Å². The van der Waals surface area contributed by atoms with E-state index in [9.17, 15) is 0 Å². The van der Waals surface area contributed by atoms with Gasteiger partial charge in [0.05, 0.1) is 12.7 Å². The molecule has 2 saturated heterocycles. The number of hydrogen-bond acceptors (Lipinski definition) is 4. The van der Waals surface area contributed by atoms with Gasteiger partial charge in [-0.2, -0.15) is 0 Å². The van der Waals surface area contributed by atoms with Crippen LogP contribution >= 0.6 is 0 Å². The van der Waals surface area contributed by atoms with E-state index in [4.69, 9.17) is 10.5 Å². The Morgan fingerprint density at radius 3 is 3.16 bits per heavy atom. The molecule has 104 valence electrons. The third-order valence-electron chi connectivity index (χ3n) is 4.10. The number of ether oxygens (including phenoxy) is 1. The standard InChI is InChI=1S/C15H23N3O/c1-11-5-12(16)7-13(6-11)17-8-15-9-18-4-2-3-14(18)10-19-15/h5-7,14-15,17H,2-4,8-10,16H2,1H3. The minimum absolute atomic E-state index is 0.288. The quantitative estimate of drug-likeness (QED) is 0.815. The average Bonchev–Trinajstić information content (AvgIpc) is 2.82. The van der Waals surface area contributed by atoms with Gasteiger partial charge in [0.15, 0.2) is 0 Å². The van der Waals surface area contributed by atoms with E-state index in [0.29, 0.717) is 6.04 Å². The first-order valence-corrected chi connectivity index (χ1v) is 7.17. The summed E-state index contributed by atoms with van der Waals surface area (Å²) in [6.45, 7) is 6.10. The zero-order valence-corrected chi connectivity index (χ0v) is 11.6. The maximum absolute atomic E-state index is 5.94. The number of rotatable bonds is 3. The third-order valence-corrected chi connectivity index (χ3v) is 4.10. The van der Waals surface area contributed by atoms with Crippen LogP contribution in [-0.2, 0) is 4.74 Å². The van der Waals surface area contributed by atoms with Gasteiger partial charge in [0.25, 0.3) is 0 Å². The SMILES string of the molecule is Cc1cc(N)cc(NCC2CN3CCCC3CO2)c1. The van der Waals surface area contributed by atoms with E-state index in [0.717, 1.165) is 31.1 Å². The Morgan fingerprint density at radius 1 is 1.42 bits per heavy atom. The van der Waals surface area contributed by atoms with Gasteiger partial charge in [-0.05, 0) is 50.1 Å². The number of morpholine rings is 1. The predicted octanol–water partition coefficient (Wildman–Crippen LogP) is 1.85. The van der Waals surface area contributed by atoms with E-state index in [-0.39, 0.29) is 6.10 Å². The number of nitrogens with one attached hydrogen (secondary N) is 1. The molecule has 2 atom stereocenters. The van der Waals surface area contributed by atoms with Crippen LogP contribution in [0, 0.1) is 6.92 Å². The molecular weight excluding hydrogens is 238 g/mol. The number of benzene rings is 1. The van der Waals surface area contributed by atoms with Crippen LogP contribution in [0.2, 0.25) is 0 Å². The summed E-state index contributed by atoms with van der Waals surface area (Å²) in [6.07, 6.45) is 2.91. The van der Waals surface area contributed by atoms with Crippen LogP contribution in [0.4, 0.5) is 11.4 Å². The highest BCUT2D eigenvalue weighted by atomic mass is 16.5. The van der Waals surface area contributed by atoms with Gasteiger partial charge in [0, 0.05) is 30.5 Å². The summed E-state index contributed by atoms with van der Waals surface area (Å²) in [5.41, 5.74) is 8.94. The number of fused-ring (bicyclic) bond motifs is 1. The lowest BCUT2D eigenvalue weighted by atomic mass is 10.1. The van der Waals surface area contributed by atoms with E-state index in [2.05, 4.69) is 23.2 Å². The van der Waals surface area contributed by atoms with Crippen molar-refractivity contribution in [3.63, 3.8) is 0 Å². The zero-order chi connectivity index (χ0) is 13.2. The van der Waals surface area contributed by atoms with Crippen molar-refractivity contribution in [3.05, 3.63) is 23.8 Å². The van der Waals surface area contributed by atoms with Crippen LogP contribution in [0.15, 0.2) is 18.2 Å². The second-order valence-electron chi connectivity index (χ2n) is 5.76. The van der Waals surface area contributed by atoms with Gasteiger partial charge in [-0.1, -0.05) is 0 Å². The molecule has 0 aromatic heterocycles. The first kappa shape index (κ1) is 12.8. The summed E-state index contributed by atoms with van der Waals surface area (Å²) in [4.78, 5) is 2.57. The van der Waals surface area contributed by atoms with E-state index in [1.165, 1.54) is 24.9 Å². The zero-order valence-electron chi connectivity index (χ0n) is 11.6. The molecule has 0 bridgehead atoms. The highest BCUT2D eigenvalue weighted by Gasteiger charge is 2.31. The molecule has 4 nitrogen and oxygen atoms in total. The van der Waals surface area contributed by atoms with Crippen molar-refractivity contribution in [3.8, 4) is 0 Å². The maximum atomic E-state index is 5.94. The van der Waals surface area contributed by atoms with Gasteiger partial charge in [0.1, 0.15) is 0 Å². The highest BCUT2D eigenvalue weighted by Crippen LogP contribution is 2.23. The number of aryl methyl sites for hydroxylation is 1. The molecule has 2 unspecified atom stereocenters. The van der Waals surface area contributed by atoms with Gasteiger partial charge in [-0.15, -0.1) is 0 Å². The normalized spacial score (nSPS) is 27.2. The maximum Gasteiger partial charge on any atom is 0.0874 e. The van der Waals surface area contributed by atoms with Crippen molar-refractivity contribution in [1.29, 1.82) is 0 Å². The molecule has 3 N–H and O–H groups in total. The summed E-state index contributed by atoms with van der Waals surface area (Å²) in [6, 6.07) is 6.76. The summed E-state index contributed by atoms with van der Waals surface area (Å²) in [7, 11) is 0. The van der Waals surface area contributed by atoms with Crippen molar-refractivity contribution in [1.82, 2.24) is 4.90 Å². The van der Waals surface area contributed by atoms with Crippen LogP contribution in [0.25, 0.3) is 0 Å². The molecule has 2 aliphatic heterocycles. The smallest absolute Gasteiger partial charge is 0.0874 e. The van der Waals surface area contributed by atoms with E-state index in [1.54, 1.807) is 0 Å². The highest BCUT2D eigenvalue weighted by molar-refractivity contribution is 5.56. The van der Waals surface area contributed by atoms with Crippen molar-refractivity contribution in [2.45, 2.75) is 31.9 Å². The van der Waals surface area contributed by atoms with Crippen molar-refractivity contribution in [2.75, 3.05) is 37.3 Å². The summed E-state index contributed by atoms with van der Waals surface area (Å²) >= 11 is 0. The first-order chi connectivity index (χ1) is 9.20. The molecule has 4 heteroatoms. The molecule has 0 amide bonds. The van der Waals surface area contributed by atoms with Gasteiger partial charge in [-0.25, -0.2) is 0 Å². The van der Waals surface area contributed by atoms with Gasteiger partial charge < -0.3 is 15.8 Å². The number of anilines is 2. The second kappa shape index (κ2) is 5.39. The van der Waals surface area contributed by atoms with Crippen LogP contribution < -0.4 is 11.1 Å². The molecule has 19 heavy (non-hydrogen) atoms. The molecule has 2 fully saturated rings. The molecule has 0 aliphatic carbocycles. The molecule has 2 aliphatic rings. The molecule has 0 saturated carbocycles. The summed E-state index contributed by atoms with van der Waals surface area (Å²) in [5, 5.41) is 3.44. The van der Waals surface area contributed by atoms with Gasteiger partial charge in [-0.3, -0.25) is 4.90 Å². The topological polar surface area (TPSA) is 50.5 Å². The molecule has 1 aromatic carbocycles. The average molecular weight is 261 g/mol. The Hall–Kier alpha value is -1.26. The van der Waals surface area contributed by atoms with Gasteiger partial charge >= 0.3 is 0 Å². The van der Waals surface area contributed by atoms with Crippen molar-refractivity contribution < 1.29 is 4.74 Å². The molecule has 2 heterocycles. The van der Waals surface area contributed by atoms with Crippen molar-refractivity contribution in [2.24, 2.45) is 0 Å². The molecule has 3 rings (SSSR count). The number of nitrogens with two attached hydrogens (primary N) is 1. The minimum Gasteiger partial charge on any atom is -0.399 e. The number of nitrogens with zero attached hydrogens (tertiary/aromatic N) is 1. The Morgan fingerprint density at radius 2 is 2.32 bits per heavy atom. The van der Waals surface area contributed by atoms with E-state index < -0.39 is 0 Å². The fourth-order valence-corrected chi connectivity index (χ4v) is 3.16. The van der Waals surface area contributed by atoms with E-state index in [1.807, 2.05) is 12.1 Å². The predicted molar refractivity (Wildman–Crippen MR) is 78.4 cm³/mol. The first-order valence-electron chi connectivity index (χ1n) is 7.17. The largest absolute Gasteiger partial charge is 0.399 e. The lowest BCUT2D eigenvalue weighted by molar-refractivity contribution is -0.0415. The molecule has 0 radical (unpaired) electrons. The van der Waals surface area contributed by atoms with Crippen LogP contribution in [-0.4, -0.2) is 43.3 Å². The lowest BCUT2D eigenvalue weighted by Gasteiger charge is -2.35. The Bertz CT molecular complexity index is 429. The monoisotopic (exact) mass is 261 g/mol. The van der Waals surface area contributed by atoms with E-state index >= 15 is 0 Å². The fraction of sp³-hybridized carbons (Fsp3) is 0.600. The lowest BCUT2D eigenvalue weighted by Crippen LogP contribution is -2.48. The van der Waals surface area contributed by atoms with Crippen LogP contribution in [0.1, 0.15) is 18.4 Å². The van der Waals surface area contributed by atoms with Crippen LogP contribution in [0.3, 0.4) is 0 Å². The second-order valence-corrected chi connectivity index (χ2v) is 5.76. The number of hydrogen-bond donors (Lipinski definition) is 2. The van der Waals surface area contributed by atoms with Gasteiger partial charge in [0.2, 0.25) is 0 Å². The summed E-state index contributed by atoms with van der Waals surface area (Å²) in [5.74, 6) is 0. The Kier molecular flexibility index (Phi) is 3.62.